The van der Waals surface area contributed by atoms with Crippen LogP contribution in [0.2, 0.25) is 0 Å². The molecule has 158 valence electrons. The van der Waals surface area contributed by atoms with Crippen molar-refractivity contribution in [2.75, 3.05) is 13.1 Å². The third-order valence-electron chi connectivity index (χ3n) is 5.63. The van der Waals surface area contributed by atoms with Gasteiger partial charge in [-0.3, -0.25) is 9.69 Å². The van der Waals surface area contributed by atoms with Gasteiger partial charge in [0.2, 0.25) is 0 Å². The minimum Gasteiger partial charge on any atom is -0.480 e. The summed E-state index contributed by atoms with van der Waals surface area (Å²) in [7, 11) is 0. The number of carboxylic acids is 1. The van der Waals surface area contributed by atoms with Crippen LogP contribution in [0.4, 0.5) is 0 Å². The summed E-state index contributed by atoms with van der Waals surface area (Å²) < 4.78 is 6.58. The normalized spacial score (nSPS) is 17.3. The molecule has 0 spiro atoms. The second-order valence-corrected chi connectivity index (χ2v) is 7.67. The highest BCUT2D eigenvalue weighted by atomic mass is 35.5. The molecule has 1 aliphatic rings. The first-order valence-electron chi connectivity index (χ1n) is 10.3. The van der Waals surface area contributed by atoms with E-state index >= 15 is 0 Å². The Balaban J connectivity index is 0.00000300. The molecule has 2 atom stereocenters. The van der Waals surface area contributed by atoms with Crippen LogP contribution in [-0.4, -0.2) is 41.2 Å². The van der Waals surface area contributed by atoms with Crippen molar-refractivity contribution in [1.82, 2.24) is 4.90 Å². The van der Waals surface area contributed by atoms with Gasteiger partial charge in [0, 0.05) is 13.1 Å². The molecule has 1 heterocycles. The molecule has 1 N–H and O–H groups in total. The topological polar surface area (TPSA) is 49.8 Å². The van der Waals surface area contributed by atoms with Crippen molar-refractivity contribution in [3.63, 3.8) is 0 Å². The first kappa shape index (κ1) is 23.4. The fraction of sp³-hybridized carbons (Fsp3) is 0.458. The van der Waals surface area contributed by atoms with E-state index in [-0.39, 0.29) is 24.6 Å². The largest absolute Gasteiger partial charge is 0.480 e. The van der Waals surface area contributed by atoms with E-state index in [1.54, 1.807) is 6.92 Å². The monoisotopic (exact) mass is 417 g/mol. The summed E-state index contributed by atoms with van der Waals surface area (Å²) in [4.78, 5) is 13.3. The Kier molecular flexibility index (Phi) is 9.15. The van der Waals surface area contributed by atoms with Crippen molar-refractivity contribution in [3.8, 4) is 0 Å². The van der Waals surface area contributed by atoms with E-state index in [4.69, 9.17) is 4.74 Å². The number of aliphatic carboxylic acids is 1. The molecule has 0 saturated carbocycles. The number of hydrogen-bond donors (Lipinski definition) is 1. The number of likely N-dealkylation sites (tertiary alicyclic amines) is 1. The number of carboxylic acid groups (broad SMARTS) is 1. The van der Waals surface area contributed by atoms with E-state index in [1.165, 1.54) is 11.1 Å². The molecule has 0 radical (unpaired) electrons. The van der Waals surface area contributed by atoms with Gasteiger partial charge in [-0.15, -0.1) is 12.4 Å². The SMILES string of the molecule is CCCc1ccc(C(OC2CCN(C(C)C(=O)O)CC2)c2ccccc2)cc1.Cl. The number of benzene rings is 2. The number of nitrogens with zero attached hydrogens (tertiary/aromatic N) is 1. The average Bonchev–Trinajstić information content (AvgIpc) is 2.73. The predicted molar refractivity (Wildman–Crippen MR) is 119 cm³/mol. The van der Waals surface area contributed by atoms with Crippen molar-refractivity contribution in [2.45, 2.75) is 57.8 Å². The molecule has 0 aliphatic carbocycles. The molecule has 2 aromatic carbocycles. The van der Waals surface area contributed by atoms with E-state index in [2.05, 4.69) is 43.3 Å². The van der Waals surface area contributed by atoms with Gasteiger partial charge in [-0.1, -0.05) is 67.9 Å². The highest BCUT2D eigenvalue weighted by Crippen LogP contribution is 2.30. The molecule has 4 nitrogen and oxygen atoms in total. The molecule has 0 aromatic heterocycles. The maximum absolute atomic E-state index is 11.2. The predicted octanol–water partition coefficient (Wildman–Crippen LogP) is 5.10. The number of aryl methyl sites for hydroxylation is 1. The van der Waals surface area contributed by atoms with Gasteiger partial charge in [0.1, 0.15) is 12.1 Å². The van der Waals surface area contributed by atoms with Gasteiger partial charge in [0.15, 0.2) is 0 Å². The number of piperidine rings is 1. The lowest BCUT2D eigenvalue weighted by Crippen LogP contribution is -2.45. The lowest BCUT2D eigenvalue weighted by atomic mass is 9.98. The zero-order chi connectivity index (χ0) is 19.9. The van der Waals surface area contributed by atoms with Crippen LogP contribution in [0, 0.1) is 0 Å². The third-order valence-corrected chi connectivity index (χ3v) is 5.63. The highest BCUT2D eigenvalue weighted by molar-refractivity contribution is 5.85. The molecule has 0 amide bonds. The summed E-state index contributed by atoms with van der Waals surface area (Å²) in [6.07, 6.45) is 4.00. The third kappa shape index (κ3) is 6.30. The maximum atomic E-state index is 11.2. The second-order valence-electron chi connectivity index (χ2n) is 7.67. The standard InChI is InChI=1S/C24H31NO3.ClH/c1-3-7-19-10-12-21(13-11-19)23(20-8-5-4-6-9-20)28-22-14-16-25(17-15-22)18(2)24(26)27;/h4-6,8-13,18,22-23H,3,7,14-17H2,1-2H3,(H,26,27);1H. The van der Waals surface area contributed by atoms with Gasteiger partial charge in [0.25, 0.3) is 0 Å². The molecule has 3 rings (SSSR count). The van der Waals surface area contributed by atoms with Gasteiger partial charge in [-0.25, -0.2) is 0 Å². The molecule has 1 saturated heterocycles. The quantitative estimate of drug-likeness (QED) is 0.648. The number of rotatable bonds is 8. The molecular formula is C24H32ClNO3. The van der Waals surface area contributed by atoms with Gasteiger partial charge >= 0.3 is 5.97 Å². The Morgan fingerprint density at radius 1 is 1.07 bits per heavy atom. The Bertz CT molecular complexity index is 742. The minimum atomic E-state index is -0.756. The summed E-state index contributed by atoms with van der Waals surface area (Å²) in [5, 5.41) is 9.23. The Morgan fingerprint density at radius 3 is 2.21 bits per heavy atom. The van der Waals surface area contributed by atoms with Crippen LogP contribution >= 0.6 is 12.4 Å². The van der Waals surface area contributed by atoms with Crippen molar-refractivity contribution >= 4 is 18.4 Å². The zero-order valence-electron chi connectivity index (χ0n) is 17.3. The number of halogens is 1. The summed E-state index contributed by atoms with van der Waals surface area (Å²) >= 11 is 0. The Hall–Kier alpha value is -1.88. The molecule has 2 unspecified atom stereocenters. The van der Waals surface area contributed by atoms with Crippen LogP contribution in [0.5, 0.6) is 0 Å². The van der Waals surface area contributed by atoms with E-state index in [0.717, 1.165) is 44.3 Å². The van der Waals surface area contributed by atoms with Crippen LogP contribution in [0.1, 0.15) is 55.9 Å². The van der Waals surface area contributed by atoms with Crippen LogP contribution in [0.25, 0.3) is 0 Å². The summed E-state index contributed by atoms with van der Waals surface area (Å²) in [6, 6.07) is 18.7. The minimum absolute atomic E-state index is 0. The van der Waals surface area contributed by atoms with Crippen LogP contribution in [0.15, 0.2) is 54.6 Å². The summed E-state index contributed by atoms with van der Waals surface area (Å²) in [6.45, 7) is 5.47. The van der Waals surface area contributed by atoms with Crippen molar-refractivity contribution < 1.29 is 14.6 Å². The highest BCUT2D eigenvalue weighted by Gasteiger charge is 2.28. The molecule has 29 heavy (non-hydrogen) atoms. The Labute approximate surface area is 180 Å². The van der Waals surface area contributed by atoms with Crippen LogP contribution < -0.4 is 0 Å². The zero-order valence-corrected chi connectivity index (χ0v) is 18.1. The first-order chi connectivity index (χ1) is 13.6. The van der Waals surface area contributed by atoms with Crippen molar-refractivity contribution in [1.29, 1.82) is 0 Å². The molecule has 1 aliphatic heterocycles. The molecule has 0 bridgehead atoms. The fourth-order valence-electron chi connectivity index (χ4n) is 3.87. The molecule has 5 heteroatoms. The lowest BCUT2D eigenvalue weighted by Gasteiger charge is -2.36. The van der Waals surface area contributed by atoms with E-state index in [1.807, 2.05) is 23.1 Å². The second kappa shape index (κ2) is 11.3. The number of carbonyl (C=O) groups is 1. The number of hydrogen-bond acceptors (Lipinski definition) is 3. The molecule has 1 fully saturated rings. The van der Waals surface area contributed by atoms with Gasteiger partial charge in [-0.05, 0) is 42.9 Å². The van der Waals surface area contributed by atoms with Gasteiger partial charge < -0.3 is 9.84 Å². The van der Waals surface area contributed by atoms with Crippen LogP contribution in [0.3, 0.4) is 0 Å². The first-order valence-corrected chi connectivity index (χ1v) is 10.3. The lowest BCUT2D eigenvalue weighted by molar-refractivity contribution is -0.144. The maximum Gasteiger partial charge on any atom is 0.320 e. The summed E-state index contributed by atoms with van der Waals surface area (Å²) in [5.74, 6) is -0.756. The summed E-state index contributed by atoms with van der Waals surface area (Å²) in [5.41, 5.74) is 3.69. The molecular weight excluding hydrogens is 386 g/mol. The smallest absolute Gasteiger partial charge is 0.320 e. The number of ether oxygens (including phenoxy) is 1. The fourth-order valence-corrected chi connectivity index (χ4v) is 3.87. The molecule has 2 aromatic rings. The van der Waals surface area contributed by atoms with Crippen molar-refractivity contribution in [2.24, 2.45) is 0 Å². The van der Waals surface area contributed by atoms with E-state index in [9.17, 15) is 9.90 Å². The Morgan fingerprint density at radius 2 is 1.66 bits per heavy atom. The van der Waals surface area contributed by atoms with Gasteiger partial charge in [0.05, 0.1) is 6.10 Å². The average molecular weight is 418 g/mol. The van der Waals surface area contributed by atoms with Crippen LogP contribution in [-0.2, 0) is 16.0 Å². The van der Waals surface area contributed by atoms with Crippen molar-refractivity contribution in [3.05, 3.63) is 71.3 Å². The van der Waals surface area contributed by atoms with Gasteiger partial charge in [-0.2, -0.15) is 0 Å². The van der Waals surface area contributed by atoms with E-state index < -0.39 is 12.0 Å². The van der Waals surface area contributed by atoms with E-state index in [0.29, 0.717) is 0 Å².